The van der Waals surface area contributed by atoms with Crippen molar-refractivity contribution < 1.29 is 4.79 Å². The van der Waals surface area contributed by atoms with Crippen LogP contribution in [0.3, 0.4) is 0 Å². The maximum Gasteiger partial charge on any atom is 0.262 e. The molecule has 0 aromatic heterocycles. The molecule has 0 aliphatic carbocycles. The fourth-order valence-corrected chi connectivity index (χ4v) is 1.34. The molecule has 1 aromatic rings. The predicted molar refractivity (Wildman–Crippen MR) is 68.0 cm³/mol. The summed E-state index contributed by atoms with van der Waals surface area (Å²) in [6.07, 6.45) is 3.14. The first-order valence-electron chi connectivity index (χ1n) is 5.25. The smallest absolute Gasteiger partial charge is 0.262 e. The molecule has 0 spiro atoms. The Morgan fingerprint density at radius 3 is 2.94 bits per heavy atom. The number of nitrogens with zero attached hydrogens (tertiary/aromatic N) is 1. The van der Waals surface area contributed by atoms with Gasteiger partial charge in [0.2, 0.25) is 0 Å². The van der Waals surface area contributed by atoms with Crippen LogP contribution in [0.5, 0.6) is 0 Å². The number of nitriles is 1. The third-order valence-corrected chi connectivity index (χ3v) is 2.13. The van der Waals surface area contributed by atoms with Crippen molar-refractivity contribution in [1.82, 2.24) is 5.32 Å². The largest absolute Gasteiger partial charge is 0.348 e. The summed E-state index contributed by atoms with van der Waals surface area (Å²) in [5.41, 5.74) is 2.02. The maximum absolute atomic E-state index is 11.6. The fourth-order valence-electron chi connectivity index (χ4n) is 1.34. The van der Waals surface area contributed by atoms with E-state index in [2.05, 4.69) is 11.9 Å². The van der Waals surface area contributed by atoms with Crippen LogP contribution in [-0.2, 0) is 4.79 Å². The first kappa shape index (κ1) is 12.7. The molecule has 86 valence electrons. The number of benzene rings is 1. The Labute approximate surface area is 101 Å². The first-order chi connectivity index (χ1) is 8.17. The average molecular weight is 226 g/mol. The van der Waals surface area contributed by atoms with Crippen molar-refractivity contribution in [2.75, 3.05) is 6.54 Å². The van der Waals surface area contributed by atoms with Gasteiger partial charge < -0.3 is 5.32 Å². The Bertz CT molecular complexity index is 495. The minimum atomic E-state index is -0.381. The highest BCUT2D eigenvalue weighted by Crippen LogP contribution is 2.09. The van der Waals surface area contributed by atoms with Crippen molar-refractivity contribution in [1.29, 1.82) is 5.26 Å². The van der Waals surface area contributed by atoms with E-state index in [0.29, 0.717) is 6.54 Å². The van der Waals surface area contributed by atoms with Crippen molar-refractivity contribution in [3.05, 3.63) is 53.6 Å². The van der Waals surface area contributed by atoms with Gasteiger partial charge >= 0.3 is 0 Å². The molecule has 0 atom stereocenters. The molecule has 0 heterocycles. The molecule has 0 radical (unpaired) electrons. The number of nitrogens with one attached hydrogen (secondary N) is 1. The van der Waals surface area contributed by atoms with Crippen molar-refractivity contribution in [3.63, 3.8) is 0 Å². The number of aryl methyl sites for hydroxylation is 1. The lowest BCUT2D eigenvalue weighted by molar-refractivity contribution is -0.116. The summed E-state index contributed by atoms with van der Waals surface area (Å²) in [5.74, 6) is -0.381. The van der Waals surface area contributed by atoms with Crippen LogP contribution in [0.25, 0.3) is 6.08 Å². The van der Waals surface area contributed by atoms with E-state index in [9.17, 15) is 4.79 Å². The minimum absolute atomic E-state index is 0.0949. The van der Waals surface area contributed by atoms with E-state index >= 15 is 0 Å². The van der Waals surface area contributed by atoms with E-state index in [0.717, 1.165) is 11.1 Å². The Morgan fingerprint density at radius 1 is 1.59 bits per heavy atom. The van der Waals surface area contributed by atoms with Gasteiger partial charge in [-0.3, -0.25) is 4.79 Å². The van der Waals surface area contributed by atoms with Crippen LogP contribution in [0, 0.1) is 18.3 Å². The molecule has 0 unspecified atom stereocenters. The van der Waals surface area contributed by atoms with Crippen molar-refractivity contribution in [3.8, 4) is 6.07 Å². The molecular formula is C14H14N2O. The number of carbonyl (C=O) groups excluding carboxylic acids is 1. The van der Waals surface area contributed by atoms with E-state index < -0.39 is 0 Å². The normalized spacial score (nSPS) is 10.5. The molecule has 17 heavy (non-hydrogen) atoms. The lowest BCUT2D eigenvalue weighted by atomic mass is 10.1. The molecular weight excluding hydrogens is 212 g/mol. The Balaban J connectivity index is 2.91. The summed E-state index contributed by atoms with van der Waals surface area (Å²) in [7, 11) is 0. The van der Waals surface area contributed by atoms with Gasteiger partial charge in [0.1, 0.15) is 11.6 Å². The molecule has 0 fully saturated rings. The molecule has 3 nitrogen and oxygen atoms in total. The Kier molecular flexibility index (Phi) is 4.71. The lowest BCUT2D eigenvalue weighted by Crippen LogP contribution is -2.24. The van der Waals surface area contributed by atoms with Crippen LogP contribution < -0.4 is 5.32 Å². The molecule has 1 rings (SSSR count). The summed E-state index contributed by atoms with van der Waals surface area (Å²) in [5, 5.41) is 11.5. The molecule has 3 heteroatoms. The monoisotopic (exact) mass is 226 g/mol. The summed E-state index contributed by atoms with van der Waals surface area (Å²) in [4.78, 5) is 11.6. The van der Waals surface area contributed by atoms with Gasteiger partial charge in [0.25, 0.3) is 5.91 Å². The minimum Gasteiger partial charge on any atom is -0.348 e. The number of hydrogen-bond acceptors (Lipinski definition) is 2. The van der Waals surface area contributed by atoms with Gasteiger partial charge in [-0.1, -0.05) is 35.9 Å². The second kappa shape index (κ2) is 6.29. The van der Waals surface area contributed by atoms with Gasteiger partial charge in [0.05, 0.1) is 0 Å². The zero-order valence-electron chi connectivity index (χ0n) is 9.73. The fraction of sp³-hybridized carbons (Fsp3) is 0.143. The van der Waals surface area contributed by atoms with Crippen LogP contribution in [0.4, 0.5) is 0 Å². The van der Waals surface area contributed by atoms with Crippen molar-refractivity contribution in [2.24, 2.45) is 0 Å². The zero-order chi connectivity index (χ0) is 12.7. The van der Waals surface area contributed by atoms with Gasteiger partial charge in [-0.2, -0.15) is 5.26 Å². The van der Waals surface area contributed by atoms with Gasteiger partial charge in [-0.25, -0.2) is 0 Å². The van der Waals surface area contributed by atoms with Gasteiger partial charge in [-0.05, 0) is 18.6 Å². The molecule has 0 bridgehead atoms. The van der Waals surface area contributed by atoms with Crippen LogP contribution >= 0.6 is 0 Å². The van der Waals surface area contributed by atoms with E-state index in [1.54, 1.807) is 12.2 Å². The zero-order valence-corrected chi connectivity index (χ0v) is 9.73. The Hall–Kier alpha value is -2.34. The summed E-state index contributed by atoms with van der Waals surface area (Å²) >= 11 is 0. The Morgan fingerprint density at radius 2 is 2.35 bits per heavy atom. The number of amides is 1. The second-order valence-electron chi connectivity index (χ2n) is 3.58. The summed E-state index contributed by atoms with van der Waals surface area (Å²) < 4.78 is 0. The second-order valence-corrected chi connectivity index (χ2v) is 3.58. The van der Waals surface area contributed by atoms with E-state index in [1.165, 1.54) is 0 Å². The van der Waals surface area contributed by atoms with Gasteiger partial charge in [0.15, 0.2) is 0 Å². The van der Waals surface area contributed by atoms with E-state index in [-0.39, 0.29) is 11.5 Å². The van der Waals surface area contributed by atoms with Crippen LogP contribution in [0.15, 0.2) is 42.5 Å². The summed E-state index contributed by atoms with van der Waals surface area (Å²) in [6.45, 7) is 5.81. The molecule has 0 saturated carbocycles. The SMILES string of the molecule is C=CCNC(=O)C(C#N)=Cc1cccc(C)c1. The molecule has 1 aromatic carbocycles. The molecule has 0 saturated heterocycles. The lowest BCUT2D eigenvalue weighted by Gasteiger charge is -2.01. The molecule has 0 aliphatic heterocycles. The topological polar surface area (TPSA) is 52.9 Å². The van der Waals surface area contributed by atoms with Crippen LogP contribution in [-0.4, -0.2) is 12.5 Å². The predicted octanol–water partition coefficient (Wildman–Crippen LogP) is 2.20. The summed E-state index contributed by atoms with van der Waals surface area (Å²) in [6, 6.07) is 9.51. The highest BCUT2D eigenvalue weighted by molar-refractivity contribution is 6.01. The van der Waals surface area contributed by atoms with Gasteiger partial charge in [0, 0.05) is 6.54 Å². The highest BCUT2D eigenvalue weighted by Gasteiger charge is 2.07. The number of hydrogen-bond donors (Lipinski definition) is 1. The maximum atomic E-state index is 11.6. The van der Waals surface area contributed by atoms with Crippen molar-refractivity contribution >= 4 is 12.0 Å². The average Bonchev–Trinajstić information content (AvgIpc) is 2.33. The first-order valence-corrected chi connectivity index (χ1v) is 5.25. The highest BCUT2D eigenvalue weighted by atomic mass is 16.1. The number of carbonyl (C=O) groups is 1. The van der Waals surface area contributed by atoms with Gasteiger partial charge in [-0.15, -0.1) is 6.58 Å². The third-order valence-electron chi connectivity index (χ3n) is 2.13. The molecule has 1 N–H and O–H groups in total. The van der Waals surface area contributed by atoms with E-state index in [1.807, 2.05) is 37.3 Å². The quantitative estimate of drug-likeness (QED) is 0.486. The number of rotatable bonds is 4. The van der Waals surface area contributed by atoms with E-state index in [4.69, 9.17) is 5.26 Å². The van der Waals surface area contributed by atoms with Crippen LogP contribution in [0.2, 0.25) is 0 Å². The third kappa shape index (κ3) is 3.96. The standard InChI is InChI=1S/C14H14N2O/c1-3-7-16-14(17)13(10-15)9-12-6-4-5-11(2)8-12/h3-6,8-9H,1,7H2,2H3,(H,16,17). The van der Waals surface area contributed by atoms with Crippen molar-refractivity contribution in [2.45, 2.75) is 6.92 Å². The van der Waals surface area contributed by atoms with Crippen LogP contribution in [0.1, 0.15) is 11.1 Å². The molecule has 0 aliphatic rings. The molecule has 1 amide bonds.